The second-order valence-corrected chi connectivity index (χ2v) is 6.47. The van der Waals surface area contributed by atoms with E-state index in [9.17, 15) is 14.4 Å². The van der Waals surface area contributed by atoms with E-state index in [1.807, 2.05) is 6.92 Å². The van der Waals surface area contributed by atoms with Gasteiger partial charge in [-0.15, -0.1) is 0 Å². The number of benzene rings is 1. The van der Waals surface area contributed by atoms with Crippen molar-refractivity contribution in [2.75, 3.05) is 13.7 Å². The molecule has 1 heterocycles. The number of nitrogens with zero attached hydrogens (tertiary/aromatic N) is 1. The number of hydrogen-bond donors (Lipinski definition) is 1. The second kappa shape index (κ2) is 7.51. The van der Waals surface area contributed by atoms with Gasteiger partial charge in [-0.05, 0) is 32.4 Å². The maximum atomic E-state index is 12.5. The second-order valence-electron chi connectivity index (χ2n) is 5.66. The number of hydrogen-bond acceptors (Lipinski definition) is 4. The predicted molar refractivity (Wildman–Crippen MR) is 90.5 cm³/mol. The van der Waals surface area contributed by atoms with Crippen molar-refractivity contribution >= 4 is 40.9 Å². The molecule has 1 N–H and O–H groups in total. The Kier molecular flexibility index (Phi) is 5.85. The molecule has 0 fully saturated rings. The SMILES string of the molecule is COCC[C@H](C)NC(=O)[C@H](C)N1C(=O)c2cc(Cl)c(Cl)cc2C1=O. The van der Waals surface area contributed by atoms with Gasteiger partial charge in [-0.1, -0.05) is 23.2 Å². The Hall–Kier alpha value is -1.63. The van der Waals surface area contributed by atoms with Crippen molar-refractivity contribution in [3.05, 3.63) is 33.3 Å². The van der Waals surface area contributed by atoms with Crippen LogP contribution in [-0.4, -0.2) is 48.4 Å². The molecule has 2 atom stereocenters. The first kappa shape index (κ1) is 18.7. The van der Waals surface area contributed by atoms with Crippen molar-refractivity contribution in [3.63, 3.8) is 0 Å². The third-order valence-corrected chi connectivity index (χ3v) is 4.59. The molecule has 0 bridgehead atoms. The molecule has 1 aliphatic rings. The van der Waals surface area contributed by atoms with Gasteiger partial charge in [0.1, 0.15) is 6.04 Å². The third kappa shape index (κ3) is 3.55. The molecule has 24 heavy (non-hydrogen) atoms. The number of imide groups is 1. The van der Waals surface area contributed by atoms with Crippen LogP contribution >= 0.6 is 23.2 Å². The lowest BCUT2D eigenvalue weighted by molar-refractivity contribution is -0.125. The van der Waals surface area contributed by atoms with E-state index in [1.54, 1.807) is 7.11 Å². The lowest BCUT2D eigenvalue weighted by Gasteiger charge is -2.23. The summed E-state index contributed by atoms with van der Waals surface area (Å²) < 4.78 is 4.96. The smallest absolute Gasteiger partial charge is 0.262 e. The number of amides is 3. The van der Waals surface area contributed by atoms with E-state index in [0.29, 0.717) is 13.0 Å². The Morgan fingerprint density at radius 2 is 1.67 bits per heavy atom. The van der Waals surface area contributed by atoms with Crippen LogP contribution < -0.4 is 5.32 Å². The van der Waals surface area contributed by atoms with E-state index in [1.165, 1.54) is 19.1 Å². The Balaban J connectivity index is 2.16. The van der Waals surface area contributed by atoms with Crippen LogP contribution in [0.4, 0.5) is 0 Å². The Morgan fingerprint density at radius 3 is 2.12 bits per heavy atom. The van der Waals surface area contributed by atoms with E-state index in [-0.39, 0.29) is 27.2 Å². The van der Waals surface area contributed by atoms with E-state index < -0.39 is 23.8 Å². The van der Waals surface area contributed by atoms with Crippen LogP contribution in [0.15, 0.2) is 12.1 Å². The van der Waals surface area contributed by atoms with Crippen LogP contribution in [-0.2, 0) is 9.53 Å². The molecule has 130 valence electrons. The fourth-order valence-electron chi connectivity index (χ4n) is 2.45. The Labute approximate surface area is 150 Å². The lowest BCUT2D eigenvalue weighted by Crippen LogP contribution is -2.49. The largest absolute Gasteiger partial charge is 0.385 e. The van der Waals surface area contributed by atoms with Crippen LogP contribution in [0, 0.1) is 0 Å². The normalized spacial score (nSPS) is 16.1. The van der Waals surface area contributed by atoms with Crippen molar-refractivity contribution in [1.29, 1.82) is 0 Å². The molecule has 1 aromatic rings. The molecule has 1 aliphatic heterocycles. The first-order chi connectivity index (χ1) is 11.3. The zero-order valence-corrected chi connectivity index (χ0v) is 15.1. The van der Waals surface area contributed by atoms with Crippen LogP contribution in [0.1, 0.15) is 41.0 Å². The van der Waals surface area contributed by atoms with Crippen LogP contribution in [0.3, 0.4) is 0 Å². The average molecular weight is 373 g/mol. The summed E-state index contributed by atoms with van der Waals surface area (Å²) >= 11 is 11.8. The number of halogens is 2. The first-order valence-electron chi connectivity index (χ1n) is 7.44. The number of methoxy groups -OCH3 is 1. The number of fused-ring (bicyclic) bond motifs is 1. The topological polar surface area (TPSA) is 75.7 Å². The van der Waals surface area contributed by atoms with Crippen molar-refractivity contribution in [2.24, 2.45) is 0 Å². The minimum Gasteiger partial charge on any atom is -0.385 e. The van der Waals surface area contributed by atoms with Gasteiger partial charge >= 0.3 is 0 Å². The van der Waals surface area contributed by atoms with E-state index in [0.717, 1.165) is 4.90 Å². The highest BCUT2D eigenvalue weighted by molar-refractivity contribution is 6.43. The van der Waals surface area contributed by atoms with Gasteiger partial charge in [0.2, 0.25) is 5.91 Å². The third-order valence-electron chi connectivity index (χ3n) is 3.87. The fourth-order valence-corrected chi connectivity index (χ4v) is 2.78. The highest BCUT2D eigenvalue weighted by Gasteiger charge is 2.41. The summed E-state index contributed by atoms with van der Waals surface area (Å²) in [7, 11) is 1.58. The number of ether oxygens (including phenoxy) is 1. The summed E-state index contributed by atoms with van der Waals surface area (Å²) in [5.74, 6) is -1.52. The maximum Gasteiger partial charge on any atom is 0.262 e. The van der Waals surface area contributed by atoms with Gasteiger partial charge in [0, 0.05) is 19.8 Å². The zero-order chi connectivity index (χ0) is 18.0. The molecule has 6 nitrogen and oxygen atoms in total. The molecular weight excluding hydrogens is 355 g/mol. The van der Waals surface area contributed by atoms with Crippen LogP contribution in [0.2, 0.25) is 10.0 Å². The molecule has 0 unspecified atom stereocenters. The molecule has 3 amide bonds. The summed E-state index contributed by atoms with van der Waals surface area (Å²) in [5, 5.41) is 3.13. The minimum atomic E-state index is -0.944. The quantitative estimate of drug-likeness (QED) is 0.778. The summed E-state index contributed by atoms with van der Waals surface area (Å²) in [6.07, 6.45) is 0.627. The van der Waals surface area contributed by atoms with E-state index in [2.05, 4.69) is 5.32 Å². The van der Waals surface area contributed by atoms with Crippen LogP contribution in [0.5, 0.6) is 0 Å². The average Bonchev–Trinajstić information content (AvgIpc) is 2.76. The van der Waals surface area contributed by atoms with Gasteiger partial charge in [0.25, 0.3) is 11.8 Å². The molecule has 1 aromatic carbocycles. The van der Waals surface area contributed by atoms with Gasteiger partial charge in [-0.2, -0.15) is 0 Å². The van der Waals surface area contributed by atoms with Crippen molar-refractivity contribution in [3.8, 4) is 0 Å². The number of nitrogens with one attached hydrogen (secondary N) is 1. The molecule has 0 aromatic heterocycles. The number of carbonyl (C=O) groups excluding carboxylic acids is 3. The van der Waals surface area contributed by atoms with Crippen molar-refractivity contribution in [1.82, 2.24) is 10.2 Å². The Bertz CT molecular complexity index is 652. The molecule has 0 aliphatic carbocycles. The highest BCUT2D eigenvalue weighted by Crippen LogP contribution is 2.32. The molecule has 8 heteroatoms. The lowest BCUT2D eigenvalue weighted by atomic mass is 10.1. The number of carbonyl (C=O) groups is 3. The van der Waals surface area contributed by atoms with Crippen molar-refractivity contribution in [2.45, 2.75) is 32.4 Å². The summed E-state index contributed by atoms with van der Waals surface area (Å²) in [4.78, 5) is 38.2. The number of rotatable bonds is 6. The minimum absolute atomic E-state index is 0.140. The van der Waals surface area contributed by atoms with E-state index >= 15 is 0 Å². The summed E-state index contributed by atoms with van der Waals surface area (Å²) in [6.45, 7) is 3.83. The molecular formula is C16H18Cl2N2O4. The monoisotopic (exact) mass is 372 g/mol. The molecule has 0 radical (unpaired) electrons. The summed E-state index contributed by atoms with van der Waals surface area (Å²) in [6, 6.07) is 1.62. The maximum absolute atomic E-state index is 12.5. The first-order valence-corrected chi connectivity index (χ1v) is 8.19. The van der Waals surface area contributed by atoms with Gasteiger partial charge in [-0.25, -0.2) is 0 Å². The van der Waals surface area contributed by atoms with Crippen molar-refractivity contribution < 1.29 is 19.1 Å². The molecule has 0 saturated heterocycles. The van der Waals surface area contributed by atoms with E-state index in [4.69, 9.17) is 27.9 Å². The predicted octanol–water partition coefficient (Wildman–Crippen LogP) is 2.52. The molecule has 0 spiro atoms. The summed E-state index contributed by atoms with van der Waals surface area (Å²) in [5.41, 5.74) is 0.308. The van der Waals surface area contributed by atoms with Gasteiger partial charge < -0.3 is 10.1 Å². The fraction of sp³-hybridized carbons (Fsp3) is 0.438. The molecule has 2 rings (SSSR count). The standard InChI is InChI=1S/C16H18Cl2N2O4/c1-8(4-5-24-3)19-14(21)9(2)20-15(22)10-6-12(17)13(18)7-11(10)16(20)23/h6-9H,4-5H2,1-3H3,(H,19,21)/t8-,9-/m0/s1. The van der Waals surface area contributed by atoms with Gasteiger partial charge in [0.05, 0.1) is 21.2 Å². The van der Waals surface area contributed by atoms with Gasteiger partial charge in [-0.3, -0.25) is 19.3 Å². The molecule has 0 saturated carbocycles. The van der Waals surface area contributed by atoms with Crippen LogP contribution in [0.25, 0.3) is 0 Å². The zero-order valence-electron chi connectivity index (χ0n) is 13.6. The highest BCUT2D eigenvalue weighted by atomic mass is 35.5. The van der Waals surface area contributed by atoms with Gasteiger partial charge in [0.15, 0.2) is 0 Å². The Morgan fingerprint density at radius 1 is 1.17 bits per heavy atom.